The Balaban J connectivity index is 2.76. The Morgan fingerprint density at radius 3 is 2.87 bits per heavy atom. The molecule has 0 spiro atoms. The molecule has 0 amide bonds. The summed E-state index contributed by atoms with van der Waals surface area (Å²) in [5, 5.41) is 20.0. The van der Waals surface area contributed by atoms with Crippen LogP contribution in [0.25, 0.3) is 0 Å². The van der Waals surface area contributed by atoms with E-state index in [9.17, 15) is 10.2 Å². The molecule has 0 saturated carbocycles. The Kier molecular flexibility index (Phi) is 5.01. The predicted molar refractivity (Wildman–Crippen MR) is 60.2 cm³/mol. The van der Waals surface area contributed by atoms with E-state index >= 15 is 0 Å². The minimum Gasteiger partial charge on any atom is -0.481 e. The van der Waals surface area contributed by atoms with Crippen LogP contribution in [0.5, 0.6) is 5.88 Å². The van der Waals surface area contributed by atoms with Crippen LogP contribution in [0.1, 0.15) is 18.1 Å². The molecule has 0 aliphatic rings. The van der Waals surface area contributed by atoms with Gasteiger partial charge in [0.1, 0.15) is 6.10 Å². The lowest BCUT2D eigenvalue weighted by atomic mass is 10.0. The minimum atomic E-state index is -0.903. The molecule has 0 radical (unpaired) electrons. The van der Waals surface area contributed by atoms with Crippen LogP contribution >= 0.6 is 15.9 Å². The first-order valence-corrected chi connectivity index (χ1v) is 5.73. The van der Waals surface area contributed by atoms with Crippen LogP contribution in [-0.2, 0) is 0 Å². The second-order valence-electron chi connectivity index (χ2n) is 3.12. The number of halogens is 1. The summed E-state index contributed by atoms with van der Waals surface area (Å²) in [6.45, 7) is 0. The molecule has 2 atom stereocenters. The van der Waals surface area contributed by atoms with E-state index in [2.05, 4.69) is 20.9 Å². The molecule has 1 aromatic heterocycles. The lowest BCUT2D eigenvalue weighted by Crippen LogP contribution is -2.18. The molecule has 0 fully saturated rings. The van der Waals surface area contributed by atoms with E-state index < -0.39 is 12.2 Å². The van der Waals surface area contributed by atoms with Crippen LogP contribution in [0.3, 0.4) is 0 Å². The largest absolute Gasteiger partial charge is 0.481 e. The molecule has 84 valence electrons. The van der Waals surface area contributed by atoms with Gasteiger partial charge in [0.2, 0.25) is 5.88 Å². The summed E-state index contributed by atoms with van der Waals surface area (Å²) < 4.78 is 4.93. The summed E-state index contributed by atoms with van der Waals surface area (Å²) in [6, 6.07) is 3.27. The van der Waals surface area contributed by atoms with Gasteiger partial charge in [-0.3, -0.25) is 0 Å². The monoisotopic (exact) mass is 275 g/mol. The highest BCUT2D eigenvalue weighted by Gasteiger charge is 2.18. The van der Waals surface area contributed by atoms with Crippen molar-refractivity contribution in [1.29, 1.82) is 0 Å². The first kappa shape index (κ1) is 12.4. The number of pyridine rings is 1. The van der Waals surface area contributed by atoms with Crippen LogP contribution in [-0.4, -0.2) is 33.7 Å². The second-order valence-corrected chi connectivity index (χ2v) is 3.91. The van der Waals surface area contributed by atoms with E-state index in [-0.39, 0.29) is 0 Å². The van der Waals surface area contributed by atoms with Crippen molar-refractivity contribution in [3.8, 4) is 5.88 Å². The maximum Gasteiger partial charge on any atom is 0.213 e. The molecule has 1 rings (SSSR count). The zero-order valence-corrected chi connectivity index (χ0v) is 10.0. The standard InChI is InChI=1S/C10H14BrNO3/c1-15-9-6-7(3-5-12-9)10(14)8(13)2-4-11/h3,5-6,8,10,13-14H,2,4H2,1H3. The quantitative estimate of drug-likeness (QED) is 0.795. The molecular weight excluding hydrogens is 262 g/mol. The fourth-order valence-electron chi connectivity index (χ4n) is 1.21. The summed E-state index contributed by atoms with van der Waals surface area (Å²) in [4.78, 5) is 3.92. The average Bonchev–Trinajstić information content (AvgIpc) is 2.28. The van der Waals surface area contributed by atoms with Crippen molar-refractivity contribution in [3.63, 3.8) is 0 Å². The van der Waals surface area contributed by atoms with Crippen molar-refractivity contribution >= 4 is 15.9 Å². The van der Waals surface area contributed by atoms with Crippen molar-refractivity contribution in [2.24, 2.45) is 0 Å². The summed E-state index contributed by atoms with van der Waals surface area (Å²) in [7, 11) is 1.51. The van der Waals surface area contributed by atoms with Crippen LogP contribution in [0.4, 0.5) is 0 Å². The molecule has 0 bridgehead atoms. The van der Waals surface area contributed by atoms with Crippen LogP contribution in [0.2, 0.25) is 0 Å². The number of rotatable bonds is 5. The predicted octanol–water partition coefficient (Wildman–Crippen LogP) is 1.27. The van der Waals surface area contributed by atoms with Gasteiger partial charge in [0.25, 0.3) is 0 Å². The Hall–Kier alpha value is -0.650. The van der Waals surface area contributed by atoms with Gasteiger partial charge in [-0.2, -0.15) is 0 Å². The molecule has 0 aromatic carbocycles. The first-order valence-electron chi connectivity index (χ1n) is 4.61. The van der Waals surface area contributed by atoms with Gasteiger partial charge in [0, 0.05) is 17.6 Å². The number of aliphatic hydroxyl groups is 2. The maximum absolute atomic E-state index is 9.79. The zero-order valence-electron chi connectivity index (χ0n) is 8.43. The highest BCUT2D eigenvalue weighted by molar-refractivity contribution is 9.09. The van der Waals surface area contributed by atoms with Gasteiger partial charge >= 0.3 is 0 Å². The van der Waals surface area contributed by atoms with Gasteiger partial charge in [-0.15, -0.1) is 0 Å². The summed E-state index contributed by atoms with van der Waals surface area (Å²) in [5.74, 6) is 0.428. The normalized spacial score (nSPS) is 14.7. The Morgan fingerprint density at radius 1 is 1.53 bits per heavy atom. The lowest BCUT2D eigenvalue weighted by Gasteiger charge is -2.17. The van der Waals surface area contributed by atoms with Crippen LogP contribution in [0.15, 0.2) is 18.3 Å². The number of hydrogen-bond donors (Lipinski definition) is 2. The molecule has 5 heteroatoms. The number of nitrogens with zero attached hydrogens (tertiary/aromatic N) is 1. The van der Waals surface area contributed by atoms with E-state index in [0.717, 1.165) is 0 Å². The van der Waals surface area contributed by atoms with E-state index in [0.29, 0.717) is 23.2 Å². The van der Waals surface area contributed by atoms with Gasteiger partial charge in [0.15, 0.2) is 0 Å². The molecule has 4 nitrogen and oxygen atoms in total. The van der Waals surface area contributed by atoms with Gasteiger partial charge < -0.3 is 14.9 Å². The van der Waals surface area contributed by atoms with E-state index in [1.54, 1.807) is 12.1 Å². The highest BCUT2D eigenvalue weighted by Crippen LogP contribution is 2.21. The summed E-state index contributed by atoms with van der Waals surface area (Å²) in [6.07, 6.45) is 0.347. The Bertz CT molecular complexity index is 308. The van der Waals surface area contributed by atoms with Crippen molar-refractivity contribution in [2.75, 3.05) is 12.4 Å². The number of aromatic nitrogens is 1. The van der Waals surface area contributed by atoms with Crippen LogP contribution in [0, 0.1) is 0 Å². The van der Waals surface area contributed by atoms with E-state index in [1.807, 2.05) is 0 Å². The minimum absolute atomic E-state index is 0.428. The van der Waals surface area contributed by atoms with Gasteiger partial charge in [-0.05, 0) is 18.1 Å². The number of ether oxygens (including phenoxy) is 1. The highest BCUT2D eigenvalue weighted by atomic mass is 79.9. The third kappa shape index (κ3) is 3.44. The first-order chi connectivity index (χ1) is 7.19. The van der Waals surface area contributed by atoms with Crippen molar-refractivity contribution in [2.45, 2.75) is 18.6 Å². The number of alkyl halides is 1. The fraction of sp³-hybridized carbons (Fsp3) is 0.500. The molecule has 0 aliphatic heterocycles. The van der Waals surface area contributed by atoms with E-state index in [4.69, 9.17) is 4.74 Å². The molecule has 2 unspecified atom stereocenters. The van der Waals surface area contributed by atoms with Gasteiger partial charge in [-0.1, -0.05) is 15.9 Å². The molecule has 1 aromatic rings. The lowest BCUT2D eigenvalue weighted by molar-refractivity contribution is 0.0172. The Labute approximate surface area is 97.0 Å². The molecule has 2 N–H and O–H groups in total. The zero-order chi connectivity index (χ0) is 11.3. The van der Waals surface area contributed by atoms with Gasteiger partial charge in [0.05, 0.1) is 13.2 Å². The number of hydrogen-bond acceptors (Lipinski definition) is 4. The smallest absolute Gasteiger partial charge is 0.213 e. The number of aliphatic hydroxyl groups excluding tert-OH is 2. The van der Waals surface area contributed by atoms with Crippen molar-refractivity contribution < 1.29 is 14.9 Å². The molecule has 15 heavy (non-hydrogen) atoms. The van der Waals surface area contributed by atoms with Gasteiger partial charge in [-0.25, -0.2) is 4.98 Å². The number of methoxy groups -OCH3 is 1. The molecule has 0 saturated heterocycles. The fourth-order valence-corrected chi connectivity index (χ4v) is 1.68. The topological polar surface area (TPSA) is 62.6 Å². The maximum atomic E-state index is 9.79. The second kappa shape index (κ2) is 6.05. The average molecular weight is 276 g/mol. The molecule has 0 aliphatic carbocycles. The summed E-state index contributed by atoms with van der Waals surface area (Å²) in [5.41, 5.74) is 0.607. The summed E-state index contributed by atoms with van der Waals surface area (Å²) >= 11 is 3.21. The van der Waals surface area contributed by atoms with Crippen molar-refractivity contribution in [1.82, 2.24) is 4.98 Å². The third-order valence-electron chi connectivity index (χ3n) is 2.08. The van der Waals surface area contributed by atoms with E-state index in [1.165, 1.54) is 13.3 Å². The molecule has 1 heterocycles. The third-order valence-corrected chi connectivity index (χ3v) is 2.54. The van der Waals surface area contributed by atoms with Crippen molar-refractivity contribution in [3.05, 3.63) is 23.9 Å². The SMILES string of the molecule is COc1cc(C(O)C(O)CCBr)ccn1. The molecular formula is C10H14BrNO3. The Morgan fingerprint density at radius 2 is 2.27 bits per heavy atom. The van der Waals surface area contributed by atoms with Crippen LogP contribution < -0.4 is 4.74 Å².